The second-order valence-electron chi connectivity index (χ2n) is 12.5. The highest BCUT2D eigenvalue weighted by Crippen LogP contribution is 2.65. The first-order valence-corrected chi connectivity index (χ1v) is 15.4. The van der Waals surface area contributed by atoms with Gasteiger partial charge in [0.25, 0.3) is 11.8 Å². The maximum atomic E-state index is 15.1. The molecule has 0 bridgehead atoms. The van der Waals surface area contributed by atoms with Crippen LogP contribution in [-0.4, -0.2) is 59.0 Å². The summed E-state index contributed by atoms with van der Waals surface area (Å²) in [7, 11) is 2.57. The zero-order valence-electron chi connectivity index (χ0n) is 26.0. The van der Waals surface area contributed by atoms with Crippen molar-refractivity contribution in [2.75, 3.05) is 19.6 Å². The topological polar surface area (TPSA) is 143 Å². The summed E-state index contributed by atoms with van der Waals surface area (Å²) in [5.41, 5.74) is 4.63. The third kappa shape index (κ3) is 4.29. The molecule has 11 heteroatoms. The van der Waals surface area contributed by atoms with Crippen molar-refractivity contribution in [2.24, 2.45) is 23.7 Å². The predicted molar refractivity (Wildman–Crippen MR) is 168 cm³/mol. The Bertz CT molecular complexity index is 1860. The lowest BCUT2D eigenvalue weighted by molar-refractivity contribution is -0.140. The molecular weight excluding hydrogens is 602 g/mol. The lowest BCUT2D eigenvalue weighted by atomic mass is 9.49. The number of benzene rings is 3. The van der Waals surface area contributed by atoms with Gasteiger partial charge in [0.15, 0.2) is 0 Å². The van der Waals surface area contributed by atoms with E-state index < -0.39 is 64.7 Å². The molecule has 3 aromatic rings. The minimum Gasteiger partial charge on any atom is -0.508 e. The summed E-state index contributed by atoms with van der Waals surface area (Å²) in [5, 5.41) is 12.6. The zero-order chi connectivity index (χ0) is 33.2. The van der Waals surface area contributed by atoms with Crippen LogP contribution in [0.5, 0.6) is 11.5 Å². The number of rotatable bonds is 5. The highest BCUT2D eigenvalue weighted by molar-refractivity contribution is 6.16. The van der Waals surface area contributed by atoms with E-state index in [4.69, 9.17) is 9.47 Å². The molecular formula is C36H33N3O8. The third-order valence-electron chi connectivity index (χ3n) is 10.3. The predicted octanol–water partition coefficient (Wildman–Crippen LogP) is 4.46. The molecule has 240 valence electrons. The third-order valence-corrected chi connectivity index (χ3v) is 10.3. The van der Waals surface area contributed by atoms with E-state index in [0.29, 0.717) is 33.0 Å². The van der Waals surface area contributed by atoms with Gasteiger partial charge in [-0.3, -0.25) is 24.6 Å². The molecule has 0 radical (unpaired) electrons. The van der Waals surface area contributed by atoms with Gasteiger partial charge in [-0.1, -0.05) is 65.7 Å². The van der Waals surface area contributed by atoms with Crippen molar-refractivity contribution in [1.82, 2.24) is 9.91 Å². The fourth-order valence-corrected chi connectivity index (χ4v) is 8.26. The van der Waals surface area contributed by atoms with Gasteiger partial charge in [-0.05, 0) is 49.4 Å². The molecule has 47 heavy (non-hydrogen) atoms. The van der Waals surface area contributed by atoms with Crippen LogP contribution < -0.4 is 10.2 Å². The van der Waals surface area contributed by atoms with Crippen molar-refractivity contribution in [2.45, 2.75) is 31.1 Å². The van der Waals surface area contributed by atoms with Gasteiger partial charge in [0.1, 0.15) is 11.5 Å². The number of hydrogen-bond donors (Lipinski definition) is 2. The molecule has 2 aliphatic carbocycles. The Balaban J connectivity index is 1.46. The van der Waals surface area contributed by atoms with Crippen molar-refractivity contribution < 1.29 is 38.6 Å². The number of nitrogens with zero attached hydrogens (tertiary/aromatic N) is 2. The van der Waals surface area contributed by atoms with Gasteiger partial charge in [0, 0.05) is 17.5 Å². The van der Waals surface area contributed by atoms with Gasteiger partial charge in [0.2, 0.25) is 11.8 Å². The first-order chi connectivity index (χ1) is 22.6. The average Bonchev–Trinajstić information content (AvgIpc) is 3.46. The van der Waals surface area contributed by atoms with Gasteiger partial charge in [-0.25, -0.2) is 4.79 Å². The number of aryl methyl sites for hydroxylation is 1. The van der Waals surface area contributed by atoms with Gasteiger partial charge < -0.3 is 14.6 Å². The number of aromatic hydroxyl groups is 1. The second kappa shape index (κ2) is 11.1. The number of nitrogens with one attached hydrogen (secondary N) is 1. The number of methoxy groups -OCH3 is 2. The van der Waals surface area contributed by atoms with E-state index in [1.807, 2.05) is 31.2 Å². The van der Waals surface area contributed by atoms with E-state index in [-0.39, 0.29) is 18.6 Å². The monoisotopic (exact) mass is 635 g/mol. The Morgan fingerprint density at radius 1 is 0.915 bits per heavy atom. The standard InChI is InChI=1S/C36H33N3O8/c1-19-9-11-21(12-10-19)37-39-32(42)27-18-26-23(15-16-25-29(26)33(43)38(31(25)41)35(45)47-3)30(24-14-13-22(46-2)17-28(24)40)36(27,34(39)44)20-7-5-4-6-8-20/h4-15,17,25-27,29-30,37,40H,16,18H2,1-3H3/t25-,26+,27-,29-,30+,36+/m0/s1. The molecule has 4 aliphatic rings. The quantitative estimate of drug-likeness (QED) is 0.307. The van der Waals surface area contributed by atoms with Gasteiger partial charge >= 0.3 is 6.09 Å². The largest absolute Gasteiger partial charge is 0.508 e. The van der Waals surface area contributed by atoms with E-state index in [2.05, 4.69) is 5.43 Å². The number of ether oxygens (including phenoxy) is 2. The fraction of sp³-hybridized carbons (Fsp3) is 0.306. The molecule has 2 N–H and O–H groups in total. The van der Waals surface area contributed by atoms with Crippen LogP contribution in [0.4, 0.5) is 10.5 Å². The van der Waals surface area contributed by atoms with Crippen molar-refractivity contribution >= 4 is 35.4 Å². The van der Waals surface area contributed by atoms with Crippen LogP contribution in [0.2, 0.25) is 0 Å². The van der Waals surface area contributed by atoms with E-state index in [0.717, 1.165) is 17.7 Å². The lowest BCUT2D eigenvalue weighted by Crippen LogP contribution is -2.53. The van der Waals surface area contributed by atoms with Crippen LogP contribution in [0.1, 0.15) is 35.4 Å². The van der Waals surface area contributed by atoms with Crippen LogP contribution >= 0.6 is 0 Å². The van der Waals surface area contributed by atoms with Gasteiger partial charge in [0.05, 0.1) is 43.1 Å². The normalized spacial score (nSPS) is 28.0. The summed E-state index contributed by atoms with van der Waals surface area (Å²) in [6, 6.07) is 21.1. The Kier molecular flexibility index (Phi) is 7.14. The molecule has 7 rings (SSSR count). The number of carbonyl (C=O) groups is 5. The molecule has 3 aromatic carbocycles. The number of phenols is 1. The van der Waals surface area contributed by atoms with Gasteiger partial charge in [-0.15, -0.1) is 0 Å². The molecule has 5 amide bonds. The SMILES string of the molecule is COC(=O)N1C(=O)[C@H]2[C@H](CC=C3[C@H]2C[C@H]2C(=O)N(Nc4ccc(C)cc4)C(=O)[C@@]2(c2ccccc2)[C@H]3c2ccc(OC)cc2O)C1=O. The Labute approximate surface area is 270 Å². The maximum Gasteiger partial charge on any atom is 0.423 e. The number of imide groups is 4. The van der Waals surface area contributed by atoms with E-state index >= 15 is 4.79 Å². The minimum absolute atomic E-state index is 0.0556. The van der Waals surface area contributed by atoms with Crippen LogP contribution in [0.15, 0.2) is 84.4 Å². The van der Waals surface area contributed by atoms with Crippen LogP contribution in [-0.2, 0) is 29.3 Å². The van der Waals surface area contributed by atoms with Crippen molar-refractivity contribution in [3.8, 4) is 11.5 Å². The number of allylic oxidation sites excluding steroid dienone is 2. The summed E-state index contributed by atoms with van der Waals surface area (Å²) in [6.07, 6.45) is 0.974. The first-order valence-electron chi connectivity index (χ1n) is 15.4. The molecule has 1 saturated carbocycles. The maximum absolute atomic E-state index is 15.1. The molecule has 0 spiro atoms. The summed E-state index contributed by atoms with van der Waals surface area (Å²) in [5.74, 6) is -6.52. The van der Waals surface area contributed by atoms with Crippen molar-refractivity contribution in [1.29, 1.82) is 0 Å². The molecule has 2 aliphatic heterocycles. The summed E-state index contributed by atoms with van der Waals surface area (Å²) >= 11 is 0. The smallest absolute Gasteiger partial charge is 0.423 e. The number of hydrazine groups is 1. The summed E-state index contributed by atoms with van der Waals surface area (Å²) < 4.78 is 10.1. The Morgan fingerprint density at radius 3 is 2.30 bits per heavy atom. The molecule has 2 saturated heterocycles. The molecule has 0 unspecified atom stereocenters. The minimum atomic E-state index is -1.54. The number of carbonyl (C=O) groups excluding carboxylic acids is 5. The van der Waals surface area contributed by atoms with Gasteiger partial charge in [-0.2, -0.15) is 9.91 Å². The molecule has 11 nitrogen and oxygen atoms in total. The van der Waals surface area contributed by atoms with E-state index in [1.165, 1.54) is 13.2 Å². The Hall–Kier alpha value is -5.45. The first kappa shape index (κ1) is 30.2. The highest BCUT2D eigenvalue weighted by atomic mass is 16.5. The molecule has 3 fully saturated rings. The van der Waals surface area contributed by atoms with E-state index in [9.17, 15) is 24.3 Å². The fourth-order valence-electron chi connectivity index (χ4n) is 8.26. The molecule has 2 heterocycles. The summed E-state index contributed by atoms with van der Waals surface area (Å²) in [4.78, 5) is 70.0. The van der Waals surface area contributed by atoms with Crippen LogP contribution in [0.3, 0.4) is 0 Å². The van der Waals surface area contributed by atoms with E-state index in [1.54, 1.807) is 48.5 Å². The van der Waals surface area contributed by atoms with Crippen LogP contribution in [0.25, 0.3) is 0 Å². The summed E-state index contributed by atoms with van der Waals surface area (Å²) in [6.45, 7) is 1.93. The lowest BCUT2D eigenvalue weighted by Gasteiger charge is -2.50. The zero-order valence-corrected chi connectivity index (χ0v) is 26.0. The van der Waals surface area contributed by atoms with Crippen LogP contribution in [0, 0.1) is 30.6 Å². The molecule has 0 aromatic heterocycles. The number of likely N-dealkylation sites (tertiary alicyclic amines) is 1. The second-order valence-corrected chi connectivity index (χ2v) is 12.5. The number of phenolic OH excluding ortho intramolecular Hbond substituents is 1. The highest BCUT2D eigenvalue weighted by Gasteiger charge is 2.71. The number of fused-ring (bicyclic) bond motifs is 4. The Morgan fingerprint density at radius 2 is 1.64 bits per heavy atom. The van der Waals surface area contributed by atoms with Crippen molar-refractivity contribution in [3.05, 3.63) is 101 Å². The molecule has 6 atom stereocenters. The number of hydrogen-bond acceptors (Lipinski definition) is 9. The number of amides is 5. The average molecular weight is 636 g/mol. The van der Waals surface area contributed by atoms with Crippen molar-refractivity contribution in [3.63, 3.8) is 0 Å². The number of anilines is 1.